The predicted octanol–water partition coefficient (Wildman–Crippen LogP) is 4.01. The van der Waals surface area contributed by atoms with Gasteiger partial charge in [-0.05, 0) is 23.6 Å². The Morgan fingerprint density at radius 2 is 2.14 bits per heavy atom. The first-order valence-electron chi connectivity index (χ1n) is 6.44. The Morgan fingerprint density at radius 3 is 2.90 bits per heavy atom. The van der Waals surface area contributed by atoms with E-state index in [9.17, 15) is 0 Å². The fraction of sp³-hybridized carbons (Fsp3) is 0.0667. The highest BCUT2D eigenvalue weighted by molar-refractivity contribution is 7.28. The second kappa shape index (κ2) is 4.68. The van der Waals surface area contributed by atoms with E-state index in [4.69, 9.17) is 5.73 Å². The first-order valence-corrected chi connectivity index (χ1v) is 8.14. The molecule has 0 bridgehead atoms. The van der Waals surface area contributed by atoms with E-state index in [1.165, 1.54) is 9.40 Å². The molecule has 104 valence electrons. The molecule has 0 aliphatic rings. The van der Waals surface area contributed by atoms with Gasteiger partial charge in [-0.2, -0.15) is 5.10 Å². The number of nitrogens with zero attached hydrogens (tertiary/aromatic N) is 3. The Bertz CT molecular complexity index is 889. The third kappa shape index (κ3) is 1.95. The summed E-state index contributed by atoms with van der Waals surface area (Å²) < 4.78 is 4.30. The number of rotatable bonds is 2. The number of anilines is 1. The minimum absolute atomic E-state index is 0.662. The summed E-state index contributed by atoms with van der Waals surface area (Å²) in [7, 11) is 1.87. The van der Waals surface area contributed by atoms with Crippen molar-refractivity contribution < 1.29 is 0 Å². The molecule has 21 heavy (non-hydrogen) atoms. The lowest BCUT2D eigenvalue weighted by atomic mass is 10.1. The van der Waals surface area contributed by atoms with Crippen molar-refractivity contribution in [1.82, 2.24) is 14.8 Å². The molecule has 0 atom stereocenters. The number of aryl methyl sites for hydroxylation is 1. The average Bonchev–Trinajstić information content (AvgIpc) is 3.14. The van der Waals surface area contributed by atoms with Gasteiger partial charge in [-0.25, -0.2) is 0 Å². The minimum atomic E-state index is 0.662. The monoisotopic (exact) mass is 312 g/mol. The summed E-state index contributed by atoms with van der Waals surface area (Å²) in [6.07, 6.45) is 3.59. The van der Waals surface area contributed by atoms with E-state index >= 15 is 0 Å². The number of fused-ring (bicyclic) bond motifs is 1. The maximum atomic E-state index is 6.22. The van der Waals surface area contributed by atoms with Gasteiger partial charge in [-0.15, -0.1) is 22.7 Å². The largest absolute Gasteiger partial charge is 0.383 e. The van der Waals surface area contributed by atoms with Crippen LogP contribution in [0.1, 0.15) is 0 Å². The molecule has 4 aromatic rings. The fourth-order valence-corrected chi connectivity index (χ4v) is 4.49. The van der Waals surface area contributed by atoms with Crippen molar-refractivity contribution in [3.05, 3.63) is 42.0 Å². The van der Waals surface area contributed by atoms with Gasteiger partial charge in [0.05, 0.1) is 10.4 Å². The normalized spacial score (nSPS) is 11.3. The van der Waals surface area contributed by atoms with Crippen molar-refractivity contribution in [2.24, 2.45) is 7.05 Å². The van der Waals surface area contributed by atoms with Crippen molar-refractivity contribution in [1.29, 1.82) is 0 Å². The van der Waals surface area contributed by atoms with E-state index in [-0.39, 0.29) is 0 Å². The highest BCUT2D eigenvalue weighted by Crippen LogP contribution is 2.41. The second-order valence-electron chi connectivity index (χ2n) is 4.73. The summed E-state index contributed by atoms with van der Waals surface area (Å²) in [6.45, 7) is 0. The zero-order valence-corrected chi connectivity index (χ0v) is 12.9. The average molecular weight is 312 g/mol. The van der Waals surface area contributed by atoms with Crippen molar-refractivity contribution in [2.45, 2.75) is 0 Å². The summed E-state index contributed by atoms with van der Waals surface area (Å²) >= 11 is 3.49. The van der Waals surface area contributed by atoms with Gasteiger partial charge < -0.3 is 5.73 Å². The van der Waals surface area contributed by atoms with Crippen molar-refractivity contribution in [3.8, 4) is 21.7 Å². The first-order chi connectivity index (χ1) is 10.2. The van der Waals surface area contributed by atoms with Gasteiger partial charge >= 0.3 is 0 Å². The number of hydrogen-bond donors (Lipinski definition) is 1. The zero-order valence-electron chi connectivity index (χ0n) is 11.3. The van der Waals surface area contributed by atoms with Crippen LogP contribution in [0.3, 0.4) is 0 Å². The fourth-order valence-electron chi connectivity index (χ4n) is 2.39. The molecule has 0 spiro atoms. The van der Waals surface area contributed by atoms with Gasteiger partial charge in [0.15, 0.2) is 0 Å². The zero-order chi connectivity index (χ0) is 14.4. The topological polar surface area (TPSA) is 56.7 Å². The quantitative estimate of drug-likeness (QED) is 0.608. The molecular weight excluding hydrogens is 300 g/mol. The van der Waals surface area contributed by atoms with Crippen LogP contribution in [0, 0.1) is 0 Å². The van der Waals surface area contributed by atoms with Crippen LogP contribution in [0.5, 0.6) is 0 Å². The third-order valence-corrected chi connectivity index (χ3v) is 5.51. The number of thiophene rings is 2. The molecule has 0 amide bonds. The van der Waals surface area contributed by atoms with Crippen LogP contribution in [0.2, 0.25) is 0 Å². The lowest BCUT2D eigenvalue weighted by Crippen LogP contribution is -1.98. The van der Waals surface area contributed by atoms with Crippen LogP contribution in [-0.2, 0) is 7.05 Å². The Labute approximate surface area is 129 Å². The molecular formula is C15H12N4S2. The number of nitrogen functional groups attached to an aromatic ring is 1. The maximum absolute atomic E-state index is 6.22. The molecule has 4 nitrogen and oxygen atoms in total. The van der Waals surface area contributed by atoms with E-state index in [0.29, 0.717) is 5.82 Å². The molecule has 2 N–H and O–H groups in total. The van der Waals surface area contributed by atoms with Crippen molar-refractivity contribution >= 4 is 37.9 Å². The SMILES string of the molecule is Cn1nc(-c2cc3sccc3s2)c(-c2cccnc2)c1N. The molecule has 4 aromatic heterocycles. The molecule has 0 fully saturated rings. The number of hydrogen-bond acceptors (Lipinski definition) is 5. The van der Waals surface area contributed by atoms with E-state index < -0.39 is 0 Å². The molecule has 0 radical (unpaired) electrons. The van der Waals surface area contributed by atoms with Crippen LogP contribution in [-0.4, -0.2) is 14.8 Å². The summed E-state index contributed by atoms with van der Waals surface area (Å²) in [6, 6.07) is 8.26. The number of aromatic nitrogens is 3. The molecule has 0 unspecified atom stereocenters. The van der Waals surface area contributed by atoms with E-state index in [1.807, 2.05) is 25.4 Å². The van der Waals surface area contributed by atoms with Crippen LogP contribution in [0.25, 0.3) is 31.1 Å². The number of nitrogens with two attached hydrogens (primary N) is 1. The minimum Gasteiger partial charge on any atom is -0.383 e. The van der Waals surface area contributed by atoms with Crippen molar-refractivity contribution in [2.75, 3.05) is 5.73 Å². The highest BCUT2D eigenvalue weighted by Gasteiger charge is 2.19. The highest BCUT2D eigenvalue weighted by atomic mass is 32.1. The molecule has 0 aliphatic carbocycles. The summed E-state index contributed by atoms with van der Waals surface area (Å²) in [5.74, 6) is 0.662. The Kier molecular flexibility index (Phi) is 2.80. The van der Waals surface area contributed by atoms with Gasteiger partial charge in [0, 0.05) is 34.4 Å². The maximum Gasteiger partial charge on any atom is 0.130 e. The van der Waals surface area contributed by atoms with Gasteiger partial charge in [0.25, 0.3) is 0 Å². The van der Waals surface area contributed by atoms with Crippen LogP contribution < -0.4 is 5.73 Å². The molecule has 0 aliphatic heterocycles. The summed E-state index contributed by atoms with van der Waals surface area (Å²) in [4.78, 5) is 5.33. The smallest absolute Gasteiger partial charge is 0.130 e. The van der Waals surface area contributed by atoms with Gasteiger partial charge in [-0.3, -0.25) is 9.67 Å². The molecule has 0 aromatic carbocycles. The lowest BCUT2D eigenvalue weighted by molar-refractivity contribution is 0.783. The molecule has 4 heterocycles. The third-order valence-electron chi connectivity index (χ3n) is 3.41. The Morgan fingerprint density at radius 1 is 1.24 bits per heavy atom. The Balaban J connectivity index is 1.97. The second-order valence-corrected chi connectivity index (χ2v) is 6.77. The van der Waals surface area contributed by atoms with Crippen molar-refractivity contribution in [3.63, 3.8) is 0 Å². The summed E-state index contributed by atoms with van der Waals surface area (Å²) in [5.41, 5.74) is 9.10. The standard InChI is InChI=1S/C15H12N4S2/c1-19-15(16)13(9-3-2-5-17-8-9)14(18-19)12-7-11-10(21-12)4-6-20-11/h2-8H,16H2,1H3. The van der Waals surface area contributed by atoms with Crippen LogP contribution in [0.15, 0.2) is 42.0 Å². The predicted molar refractivity (Wildman–Crippen MR) is 89.5 cm³/mol. The molecule has 4 rings (SSSR count). The van der Waals surface area contributed by atoms with E-state index in [2.05, 4.69) is 27.6 Å². The summed E-state index contributed by atoms with van der Waals surface area (Å²) in [5, 5.41) is 6.72. The van der Waals surface area contributed by atoms with Gasteiger partial charge in [-0.1, -0.05) is 6.07 Å². The van der Waals surface area contributed by atoms with E-state index in [1.54, 1.807) is 33.6 Å². The first kappa shape index (κ1) is 12.6. The number of pyridine rings is 1. The van der Waals surface area contributed by atoms with Gasteiger partial charge in [0.2, 0.25) is 0 Å². The van der Waals surface area contributed by atoms with Gasteiger partial charge in [0.1, 0.15) is 11.5 Å². The van der Waals surface area contributed by atoms with Crippen LogP contribution in [0.4, 0.5) is 5.82 Å². The molecule has 6 heteroatoms. The lowest BCUT2D eigenvalue weighted by Gasteiger charge is -2.02. The molecule has 0 saturated carbocycles. The van der Waals surface area contributed by atoms with E-state index in [0.717, 1.165) is 21.7 Å². The van der Waals surface area contributed by atoms with Crippen LogP contribution >= 0.6 is 22.7 Å². The molecule has 0 saturated heterocycles. The Hall–Kier alpha value is -2.18.